The molecule has 8 aromatic carbocycles. The highest BCUT2D eigenvalue weighted by Crippen LogP contribution is 2.43. The van der Waals surface area contributed by atoms with Gasteiger partial charge in [-0.25, -0.2) is 0 Å². The van der Waals surface area contributed by atoms with Crippen molar-refractivity contribution >= 4 is 60.2 Å². The third kappa shape index (κ3) is 15.1. The molecule has 1 aliphatic carbocycles. The lowest BCUT2D eigenvalue weighted by atomic mass is 9.90. The van der Waals surface area contributed by atoms with Crippen LogP contribution in [0.15, 0.2) is 190 Å². The number of aliphatic imine (C=N–C) groups is 4. The van der Waals surface area contributed by atoms with E-state index in [1.54, 1.807) is 0 Å². The fraction of sp³-hybridized carbons (Fsp3) is 0.206. The first-order valence-electron chi connectivity index (χ1n) is 26.9. The molecule has 0 spiro atoms. The number of phenols is 2. The zero-order valence-corrected chi connectivity index (χ0v) is 43.8. The Morgan fingerprint density at radius 3 is 0.859 bits per heavy atom. The SMILES string of the molecule is O=CCCCCCOc1c2cc(N=Cc3ccccc3)cc1Cc1cc(N=Cc3ccccc3)cc(c1O)Cc1cc(N=Cc3ccccc3)cc(c1OCCCCCC=O)Cc1cc(N=Cc3ccccc3)cc(c1O)C2. The lowest BCUT2D eigenvalue weighted by molar-refractivity contribution is -0.108. The van der Waals surface area contributed by atoms with Gasteiger partial charge in [0.05, 0.1) is 36.0 Å². The lowest BCUT2D eigenvalue weighted by Gasteiger charge is -2.22. The summed E-state index contributed by atoms with van der Waals surface area (Å²) >= 11 is 0. The van der Waals surface area contributed by atoms with E-state index < -0.39 is 0 Å². The first kappa shape index (κ1) is 53.8. The average Bonchev–Trinajstić information content (AvgIpc) is 3.51. The van der Waals surface area contributed by atoms with Crippen LogP contribution in [-0.2, 0) is 35.3 Å². The predicted molar refractivity (Wildman–Crippen MR) is 315 cm³/mol. The van der Waals surface area contributed by atoms with Crippen LogP contribution in [0.3, 0.4) is 0 Å². The molecule has 0 aliphatic heterocycles. The number of hydrogen-bond acceptors (Lipinski definition) is 10. The second-order valence-corrected chi connectivity index (χ2v) is 19.5. The van der Waals surface area contributed by atoms with E-state index in [1.165, 1.54) is 0 Å². The molecule has 392 valence electrons. The molecule has 2 N–H and O–H groups in total. The van der Waals surface area contributed by atoms with Gasteiger partial charge in [-0.05, 0) is 109 Å². The van der Waals surface area contributed by atoms with Gasteiger partial charge in [-0.15, -0.1) is 0 Å². The quantitative estimate of drug-likeness (QED) is 0.0393. The van der Waals surface area contributed by atoms with E-state index >= 15 is 0 Å². The third-order valence-corrected chi connectivity index (χ3v) is 13.6. The Bertz CT molecular complexity index is 3090. The fourth-order valence-electron chi connectivity index (χ4n) is 9.62. The average molecular weight is 1030 g/mol. The van der Waals surface area contributed by atoms with Gasteiger partial charge < -0.3 is 29.3 Å². The number of hydrogen-bond donors (Lipinski definition) is 2. The maximum atomic E-state index is 12.8. The summed E-state index contributed by atoms with van der Waals surface area (Å²) in [5.74, 6) is 1.49. The number of aldehydes is 2. The van der Waals surface area contributed by atoms with Crippen molar-refractivity contribution in [1.82, 2.24) is 0 Å². The molecule has 9 rings (SSSR count). The summed E-state index contributed by atoms with van der Waals surface area (Å²) in [6, 6.07) is 55.4. The monoisotopic (exact) mass is 1030 g/mol. The molecule has 0 unspecified atom stereocenters. The Kier molecular flexibility index (Phi) is 19.1. The highest BCUT2D eigenvalue weighted by atomic mass is 16.5. The molecule has 1 aliphatic rings. The van der Waals surface area contributed by atoms with E-state index in [4.69, 9.17) is 29.4 Å². The van der Waals surface area contributed by atoms with Gasteiger partial charge >= 0.3 is 0 Å². The molecule has 8 bridgehead atoms. The van der Waals surface area contributed by atoms with Gasteiger partial charge in [-0.3, -0.25) is 20.0 Å². The van der Waals surface area contributed by atoms with Crippen molar-refractivity contribution in [3.8, 4) is 23.0 Å². The van der Waals surface area contributed by atoms with Gasteiger partial charge in [-0.2, -0.15) is 0 Å². The van der Waals surface area contributed by atoms with Gasteiger partial charge in [0.15, 0.2) is 0 Å². The van der Waals surface area contributed by atoms with E-state index in [0.717, 1.165) is 95.6 Å². The second kappa shape index (κ2) is 27.7. The number of nitrogens with zero attached hydrogens (tertiary/aromatic N) is 4. The van der Waals surface area contributed by atoms with E-state index in [-0.39, 0.29) is 37.2 Å². The van der Waals surface area contributed by atoms with E-state index in [1.807, 2.05) is 195 Å². The number of rotatable bonds is 22. The molecule has 78 heavy (non-hydrogen) atoms. The van der Waals surface area contributed by atoms with Crippen molar-refractivity contribution in [1.29, 1.82) is 0 Å². The number of carbonyl (C=O) groups is 2. The zero-order valence-electron chi connectivity index (χ0n) is 43.8. The smallest absolute Gasteiger partial charge is 0.126 e. The Balaban J connectivity index is 1.28. The molecule has 0 amide bonds. The van der Waals surface area contributed by atoms with Crippen molar-refractivity contribution in [2.45, 2.75) is 77.0 Å². The minimum atomic E-state index is 0.114. The Hall–Kier alpha value is -9.02. The van der Waals surface area contributed by atoms with Crippen LogP contribution in [0.1, 0.15) is 118 Å². The van der Waals surface area contributed by atoms with Gasteiger partial charge in [0, 0.05) is 108 Å². The molecular weight excluding hydrogens is 969 g/mol. The van der Waals surface area contributed by atoms with Crippen LogP contribution in [-0.4, -0.2) is 60.9 Å². The van der Waals surface area contributed by atoms with Crippen LogP contribution in [0.25, 0.3) is 0 Å². The molecular formula is C68H64N4O6. The highest BCUT2D eigenvalue weighted by molar-refractivity contribution is 5.85. The normalized spacial score (nSPS) is 12.4. The van der Waals surface area contributed by atoms with E-state index in [0.29, 0.717) is 82.6 Å². The van der Waals surface area contributed by atoms with Gasteiger partial charge in [0.2, 0.25) is 0 Å². The van der Waals surface area contributed by atoms with Crippen LogP contribution >= 0.6 is 0 Å². The van der Waals surface area contributed by atoms with Crippen LogP contribution in [0.5, 0.6) is 23.0 Å². The minimum absolute atomic E-state index is 0.114. The highest BCUT2D eigenvalue weighted by Gasteiger charge is 2.24. The zero-order chi connectivity index (χ0) is 53.7. The number of unbranched alkanes of at least 4 members (excludes halogenated alkanes) is 6. The van der Waals surface area contributed by atoms with Crippen LogP contribution < -0.4 is 9.47 Å². The summed E-state index contributed by atoms with van der Waals surface area (Å²) in [5.41, 5.74) is 12.0. The fourth-order valence-corrected chi connectivity index (χ4v) is 9.62. The number of phenolic OH excluding ortho intramolecular Hbond substituents is 2. The maximum Gasteiger partial charge on any atom is 0.126 e. The summed E-state index contributed by atoms with van der Waals surface area (Å²) in [4.78, 5) is 42.6. The first-order chi connectivity index (χ1) is 38.4. The summed E-state index contributed by atoms with van der Waals surface area (Å²) < 4.78 is 13.8. The van der Waals surface area contributed by atoms with Crippen LogP contribution in [0, 0.1) is 0 Å². The molecule has 8 aromatic rings. The summed E-state index contributed by atoms with van der Waals surface area (Å²) in [6.45, 7) is 0.763. The van der Waals surface area contributed by atoms with Crippen LogP contribution in [0.4, 0.5) is 22.7 Å². The van der Waals surface area contributed by atoms with Gasteiger partial charge in [0.25, 0.3) is 0 Å². The van der Waals surface area contributed by atoms with Crippen molar-refractivity contribution in [3.05, 3.63) is 237 Å². The number of fused-ring (bicyclic) bond motifs is 8. The van der Waals surface area contributed by atoms with Gasteiger partial charge in [0.1, 0.15) is 35.6 Å². The topological polar surface area (TPSA) is 142 Å². The van der Waals surface area contributed by atoms with Crippen LogP contribution in [0.2, 0.25) is 0 Å². The number of ether oxygens (including phenoxy) is 2. The number of aromatic hydroxyl groups is 2. The molecule has 0 aromatic heterocycles. The van der Waals surface area contributed by atoms with Crippen molar-refractivity contribution < 1.29 is 29.3 Å². The molecule has 0 heterocycles. The molecule has 0 radical (unpaired) electrons. The van der Waals surface area contributed by atoms with Crippen molar-refractivity contribution in [2.24, 2.45) is 20.0 Å². The second-order valence-electron chi connectivity index (χ2n) is 19.5. The number of benzene rings is 8. The predicted octanol–water partition coefficient (Wildman–Crippen LogP) is 15.1. The summed E-state index contributed by atoms with van der Waals surface area (Å²) in [6.07, 6.45) is 15.8. The molecule has 0 saturated heterocycles. The first-order valence-corrected chi connectivity index (χ1v) is 26.9. The molecule has 10 nitrogen and oxygen atoms in total. The third-order valence-electron chi connectivity index (χ3n) is 13.6. The van der Waals surface area contributed by atoms with Crippen molar-refractivity contribution in [3.63, 3.8) is 0 Å². The maximum absolute atomic E-state index is 12.8. The summed E-state index contributed by atoms with van der Waals surface area (Å²) in [7, 11) is 0. The Morgan fingerprint density at radius 2 is 0.603 bits per heavy atom. The summed E-state index contributed by atoms with van der Waals surface area (Å²) in [5, 5.41) is 25.5. The van der Waals surface area contributed by atoms with Crippen molar-refractivity contribution in [2.75, 3.05) is 13.2 Å². The lowest BCUT2D eigenvalue weighted by Crippen LogP contribution is -2.08. The van der Waals surface area contributed by atoms with Gasteiger partial charge in [-0.1, -0.05) is 121 Å². The Labute approximate surface area is 457 Å². The molecule has 0 atom stereocenters. The largest absolute Gasteiger partial charge is 0.507 e. The molecule has 0 saturated carbocycles. The van der Waals surface area contributed by atoms with E-state index in [9.17, 15) is 19.8 Å². The standard InChI is InChI=1S/C68H64N4O6/c73-29-17-1-3-19-31-77-67-57-33-53-37-61(69-45-49-21-9-5-10-22-49)39-55(65(53)75)35-59-43-64(72-48-52-27-15-8-16-28-52)44-60(68(59)78-32-20-4-2-18-30-74)36-56-40-62(70-46-50-23-11-6-12-24-50)38-54(66(56)76)34-58(67)42-63(41-57)71-47-51-25-13-7-14-26-51/h5-16,21-30,37-48,75-76H,1-4,17-20,31-36H2. The number of carbonyl (C=O) groups excluding carboxylic acids is 2. The molecule has 10 heteroatoms. The minimum Gasteiger partial charge on any atom is -0.507 e. The Morgan fingerprint density at radius 1 is 0.346 bits per heavy atom. The van der Waals surface area contributed by atoms with E-state index in [2.05, 4.69) is 0 Å². The molecule has 0 fully saturated rings.